The third-order valence-corrected chi connectivity index (χ3v) is 8.10. The minimum absolute atomic E-state index is 0.00637. The van der Waals surface area contributed by atoms with Crippen LogP contribution >= 0.6 is 0 Å². The summed E-state index contributed by atoms with van der Waals surface area (Å²) in [5.74, 6) is -0.150. The molecule has 0 amide bonds. The molecule has 0 saturated carbocycles. The topological polar surface area (TPSA) is 234 Å². The van der Waals surface area contributed by atoms with Gasteiger partial charge in [-0.05, 0) is 24.3 Å². The molecule has 1 aliphatic heterocycles. The molecule has 1 aromatic heterocycles. The molecule has 17 heteroatoms. The zero-order chi connectivity index (χ0) is 25.1. The van der Waals surface area contributed by atoms with E-state index in [1.165, 1.54) is 6.07 Å². The average Bonchev–Trinajstić information content (AvgIpc) is 3.32. The molecule has 1 aromatic carbocycles. The summed E-state index contributed by atoms with van der Waals surface area (Å²) in [7, 11) is -9.04. The first-order chi connectivity index (χ1) is 16.0. The fourth-order valence-electron chi connectivity index (χ4n) is 3.84. The summed E-state index contributed by atoms with van der Waals surface area (Å²) < 4.78 is 53.6. The molecule has 8 N–H and O–H groups in total. The third-order valence-electron chi connectivity index (χ3n) is 5.52. The first kappa shape index (κ1) is 26.4. The van der Waals surface area contributed by atoms with Crippen LogP contribution in [-0.2, 0) is 20.0 Å². The number of piperazine rings is 1. The number of tetrazole rings is 1. The number of benzene rings is 1. The first-order valence-electron chi connectivity index (χ1n) is 10.4. The second-order valence-corrected chi connectivity index (χ2v) is 11.1. The highest BCUT2D eigenvalue weighted by molar-refractivity contribution is 7.92. The normalized spacial score (nSPS) is 18.9. The highest BCUT2D eigenvalue weighted by Gasteiger charge is 2.34. The molecule has 2 aromatic rings. The number of primary sulfonamides is 1. The Kier molecular flexibility index (Phi) is 8.19. The van der Waals surface area contributed by atoms with Gasteiger partial charge >= 0.3 is 0 Å². The number of aliphatic hydroxyl groups is 2. The second-order valence-electron chi connectivity index (χ2n) is 7.86. The van der Waals surface area contributed by atoms with Crippen LogP contribution in [0.3, 0.4) is 0 Å². The van der Waals surface area contributed by atoms with Gasteiger partial charge in [-0.2, -0.15) is 5.21 Å². The Morgan fingerprint density at radius 1 is 1.29 bits per heavy atom. The van der Waals surface area contributed by atoms with Gasteiger partial charge in [0.25, 0.3) is 0 Å². The predicted molar refractivity (Wildman–Crippen MR) is 122 cm³/mol. The molecule has 1 saturated heterocycles. The van der Waals surface area contributed by atoms with Crippen molar-refractivity contribution in [2.75, 3.05) is 50.8 Å². The monoisotopic (exact) mass is 519 g/mol. The molecule has 3 rings (SSSR count). The molecule has 0 radical (unpaired) electrons. The lowest BCUT2D eigenvalue weighted by molar-refractivity contribution is 0.146. The van der Waals surface area contributed by atoms with E-state index >= 15 is 0 Å². The Balaban J connectivity index is 2.17. The molecule has 2 atom stereocenters. The number of aromatic nitrogens is 4. The highest BCUT2D eigenvalue weighted by Crippen LogP contribution is 2.38. The molecular formula is C17H29N9O6S2. The number of nitrogens with one attached hydrogen (secondary N) is 2. The van der Waals surface area contributed by atoms with Gasteiger partial charge in [-0.25, -0.2) is 26.7 Å². The maximum atomic E-state index is 13.0. The predicted octanol–water partition coefficient (Wildman–Crippen LogP) is -3.39. The lowest BCUT2D eigenvalue weighted by atomic mass is 10.1. The van der Waals surface area contributed by atoms with Crippen molar-refractivity contribution >= 4 is 25.7 Å². The molecule has 0 aliphatic carbocycles. The minimum Gasteiger partial charge on any atom is -0.395 e. The van der Waals surface area contributed by atoms with E-state index in [2.05, 4.69) is 30.2 Å². The molecule has 1 fully saturated rings. The van der Waals surface area contributed by atoms with E-state index < -0.39 is 42.5 Å². The number of hydrogen-bond acceptors (Lipinski definition) is 12. The fourth-order valence-corrected chi connectivity index (χ4v) is 6.50. The molecule has 15 nitrogen and oxygen atoms in total. The first-order valence-corrected chi connectivity index (χ1v) is 13.4. The maximum Gasteiger partial charge on any atom is 0.242 e. The number of nitrogens with two attached hydrogens (primary N) is 2. The molecular weight excluding hydrogens is 490 g/mol. The van der Waals surface area contributed by atoms with Crippen LogP contribution < -0.4 is 20.5 Å². The number of anilines is 1. The number of sulfonamides is 2. The number of hydrogen-bond donors (Lipinski definition) is 6. The second kappa shape index (κ2) is 10.6. The van der Waals surface area contributed by atoms with E-state index in [9.17, 15) is 27.0 Å². The minimum atomic E-state index is -4.61. The lowest BCUT2D eigenvalue weighted by Crippen LogP contribution is -2.52. The molecule has 34 heavy (non-hydrogen) atoms. The molecule has 0 bridgehead atoms. The van der Waals surface area contributed by atoms with Crippen molar-refractivity contribution < 1.29 is 27.0 Å². The van der Waals surface area contributed by atoms with Crippen LogP contribution in [0.4, 0.5) is 5.69 Å². The van der Waals surface area contributed by atoms with Crippen LogP contribution in [0, 0.1) is 0 Å². The van der Waals surface area contributed by atoms with Crippen molar-refractivity contribution in [2.24, 2.45) is 10.9 Å². The Labute approximate surface area is 197 Å². The van der Waals surface area contributed by atoms with Crippen molar-refractivity contribution in [1.29, 1.82) is 0 Å². The smallest absolute Gasteiger partial charge is 0.242 e. The number of rotatable bonds is 10. The summed E-state index contributed by atoms with van der Waals surface area (Å²) >= 11 is 0. The van der Waals surface area contributed by atoms with Crippen molar-refractivity contribution in [2.45, 2.75) is 28.9 Å². The van der Waals surface area contributed by atoms with E-state index in [4.69, 9.17) is 10.9 Å². The zero-order valence-corrected chi connectivity index (χ0v) is 20.1. The van der Waals surface area contributed by atoms with Crippen molar-refractivity contribution in [1.82, 2.24) is 30.2 Å². The standard InChI is InChI=1S/C17H29N9O6S2/c1-11-10-26(5-4-25(11)6-7-27)13-2-3-14(34(31,32)20-9-12(28)8-18)16(33(19,29)30)15(13)17-21-23-24-22-17/h2-3,11-12,20,27-28H,4-10,18H2,1H3,(H2,19,29,30)(H,21,22,23,24)/t11?,12-/m1/s1. The van der Waals surface area contributed by atoms with Gasteiger partial charge in [0.15, 0.2) is 0 Å². The van der Waals surface area contributed by atoms with Crippen molar-refractivity contribution in [3.8, 4) is 11.4 Å². The van der Waals surface area contributed by atoms with E-state index in [1.807, 2.05) is 11.8 Å². The molecule has 0 spiro atoms. The van der Waals surface area contributed by atoms with Gasteiger partial charge in [0.05, 0.1) is 18.3 Å². The van der Waals surface area contributed by atoms with Crippen molar-refractivity contribution in [3.63, 3.8) is 0 Å². The van der Waals surface area contributed by atoms with Gasteiger partial charge in [0.2, 0.25) is 25.9 Å². The number of nitrogens with zero attached hydrogens (tertiary/aromatic N) is 5. The summed E-state index contributed by atoms with van der Waals surface area (Å²) in [5, 5.41) is 37.9. The molecule has 1 aliphatic rings. The van der Waals surface area contributed by atoms with Gasteiger partial charge in [-0.3, -0.25) is 4.90 Å². The van der Waals surface area contributed by atoms with Gasteiger partial charge in [-0.1, -0.05) is 0 Å². The van der Waals surface area contributed by atoms with Crippen LogP contribution in [0.2, 0.25) is 0 Å². The summed E-state index contributed by atoms with van der Waals surface area (Å²) in [6, 6.07) is 2.61. The van der Waals surface area contributed by atoms with Crippen LogP contribution in [-0.4, -0.2) is 111 Å². The van der Waals surface area contributed by atoms with Gasteiger partial charge in [-0.15, -0.1) is 10.2 Å². The lowest BCUT2D eigenvalue weighted by Gasteiger charge is -2.41. The summed E-state index contributed by atoms with van der Waals surface area (Å²) in [6.07, 6.45) is -1.17. The van der Waals surface area contributed by atoms with Crippen LogP contribution in [0.15, 0.2) is 21.9 Å². The van der Waals surface area contributed by atoms with Crippen LogP contribution in [0.5, 0.6) is 0 Å². The van der Waals surface area contributed by atoms with Crippen LogP contribution in [0.25, 0.3) is 11.4 Å². The molecule has 190 valence electrons. The highest BCUT2D eigenvalue weighted by atomic mass is 32.2. The number of aromatic amines is 1. The maximum absolute atomic E-state index is 13.0. The summed E-state index contributed by atoms with van der Waals surface area (Å²) in [6.45, 7) is 3.34. The number of H-pyrrole nitrogens is 1. The van der Waals surface area contributed by atoms with Gasteiger partial charge in [0.1, 0.15) is 9.79 Å². The van der Waals surface area contributed by atoms with E-state index in [-0.39, 0.29) is 30.6 Å². The Bertz CT molecular complexity index is 1190. The van der Waals surface area contributed by atoms with E-state index in [1.54, 1.807) is 0 Å². The van der Waals surface area contributed by atoms with Crippen molar-refractivity contribution in [3.05, 3.63) is 12.1 Å². The largest absolute Gasteiger partial charge is 0.395 e. The SMILES string of the molecule is CC1CN(c2ccc(S(=O)(=O)NC[C@H](O)CN)c(S(N)(=O)=O)c2-c2nn[nH]n2)CCN1CCO. The Hall–Kier alpha value is -2.25. The quantitative estimate of drug-likeness (QED) is 0.180. The number of aliphatic hydroxyl groups excluding tert-OH is 2. The Morgan fingerprint density at radius 3 is 2.59 bits per heavy atom. The zero-order valence-electron chi connectivity index (χ0n) is 18.5. The van der Waals surface area contributed by atoms with Gasteiger partial charge in [0, 0.05) is 51.0 Å². The number of β-amino-alcohol motifs (C(OH)–C–C–N with tert-alkyl or cyclic N) is 1. The van der Waals surface area contributed by atoms with E-state index in [0.717, 1.165) is 6.07 Å². The summed E-state index contributed by atoms with van der Waals surface area (Å²) in [5.41, 5.74) is 5.57. The van der Waals surface area contributed by atoms with E-state index in [0.29, 0.717) is 31.9 Å². The van der Waals surface area contributed by atoms with Crippen LogP contribution in [0.1, 0.15) is 6.92 Å². The third kappa shape index (κ3) is 5.69. The fraction of sp³-hybridized carbons (Fsp3) is 0.588. The molecule has 2 heterocycles. The average molecular weight is 520 g/mol. The molecule has 1 unspecified atom stereocenters. The summed E-state index contributed by atoms with van der Waals surface area (Å²) in [4.78, 5) is 2.65. The Morgan fingerprint density at radius 2 is 2.03 bits per heavy atom. The van der Waals surface area contributed by atoms with Gasteiger partial charge < -0.3 is 20.8 Å².